The van der Waals surface area contributed by atoms with Crippen molar-refractivity contribution >= 4 is 44.8 Å². The lowest BCUT2D eigenvalue weighted by molar-refractivity contribution is 1.11. The van der Waals surface area contributed by atoms with Crippen LogP contribution in [0.3, 0.4) is 0 Å². The van der Waals surface area contributed by atoms with Gasteiger partial charge in [0.25, 0.3) is 0 Å². The molecular formula is C11H5BrCl2N4. The van der Waals surface area contributed by atoms with Crippen LogP contribution in [0.15, 0.2) is 35.1 Å². The zero-order valence-electron chi connectivity index (χ0n) is 8.81. The molecule has 0 atom stereocenters. The third-order valence-corrected chi connectivity index (χ3v) is 3.96. The second-order valence-corrected chi connectivity index (χ2v) is 5.18. The Morgan fingerprint density at radius 3 is 2.78 bits per heavy atom. The summed E-state index contributed by atoms with van der Waals surface area (Å²) in [6.07, 6.45) is 3.36. The van der Waals surface area contributed by atoms with Crippen molar-refractivity contribution < 1.29 is 0 Å². The highest BCUT2D eigenvalue weighted by Crippen LogP contribution is 2.28. The van der Waals surface area contributed by atoms with Crippen molar-refractivity contribution in [3.63, 3.8) is 0 Å². The molecule has 18 heavy (non-hydrogen) atoms. The number of aromatic nitrogens is 4. The fourth-order valence-electron chi connectivity index (χ4n) is 1.63. The van der Waals surface area contributed by atoms with Crippen molar-refractivity contribution in [2.45, 2.75) is 0 Å². The number of benzene rings is 1. The standard InChI is InChI=1S/C11H5BrCl2N4/c12-7-2-1-6(5-8(7)13)10-16-17-11-9(14)15-3-4-18(10)11/h1-5H. The predicted octanol–water partition coefficient (Wildman–Crippen LogP) is 3.86. The number of hydrogen-bond donors (Lipinski definition) is 0. The summed E-state index contributed by atoms with van der Waals surface area (Å²) in [6.45, 7) is 0. The van der Waals surface area contributed by atoms with Gasteiger partial charge in [-0.05, 0) is 34.1 Å². The highest BCUT2D eigenvalue weighted by Gasteiger charge is 2.11. The Bertz CT molecular complexity index is 741. The van der Waals surface area contributed by atoms with Crippen LogP contribution in [-0.4, -0.2) is 19.6 Å². The van der Waals surface area contributed by atoms with Crippen LogP contribution in [0.25, 0.3) is 17.0 Å². The molecular weight excluding hydrogens is 339 g/mol. The molecule has 0 aliphatic carbocycles. The minimum absolute atomic E-state index is 0.319. The van der Waals surface area contributed by atoms with Crippen molar-refractivity contribution in [2.75, 3.05) is 0 Å². The van der Waals surface area contributed by atoms with Crippen LogP contribution in [0, 0.1) is 0 Å². The van der Waals surface area contributed by atoms with Gasteiger partial charge in [-0.25, -0.2) is 4.98 Å². The lowest BCUT2D eigenvalue weighted by Gasteiger charge is -2.02. The van der Waals surface area contributed by atoms with Crippen molar-refractivity contribution in [1.29, 1.82) is 0 Å². The number of hydrogen-bond acceptors (Lipinski definition) is 3. The SMILES string of the molecule is Clc1cc(-c2nnc3c(Cl)nccn23)ccc1Br. The van der Waals surface area contributed by atoms with E-state index in [9.17, 15) is 0 Å². The molecule has 0 aliphatic rings. The summed E-state index contributed by atoms with van der Waals surface area (Å²) in [6, 6.07) is 5.58. The molecule has 7 heteroatoms. The Kier molecular flexibility index (Phi) is 2.97. The number of halogens is 3. The van der Waals surface area contributed by atoms with Gasteiger partial charge in [-0.3, -0.25) is 4.40 Å². The van der Waals surface area contributed by atoms with Crippen LogP contribution in [0.2, 0.25) is 10.2 Å². The summed E-state index contributed by atoms with van der Waals surface area (Å²) in [5, 5.41) is 9.06. The third-order valence-electron chi connectivity index (χ3n) is 2.46. The minimum atomic E-state index is 0.319. The first kappa shape index (κ1) is 11.9. The van der Waals surface area contributed by atoms with Crippen molar-refractivity contribution in [2.24, 2.45) is 0 Å². The highest BCUT2D eigenvalue weighted by molar-refractivity contribution is 9.10. The fraction of sp³-hybridized carbons (Fsp3) is 0. The quantitative estimate of drug-likeness (QED) is 0.673. The van der Waals surface area contributed by atoms with Crippen molar-refractivity contribution in [3.8, 4) is 11.4 Å². The van der Waals surface area contributed by atoms with Gasteiger partial charge in [0.05, 0.1) is 5.02 Å². The van der Waals surface area contributed by atoms with E-state index >= 15 is 0 Å². The van der Waals surface area contributed by atoms with Crippen LogP contribution in [0.4, 0.5) is 0 Å². The summed E-state index contributed by atoms with van der Waals surface area (Å²) in [5.41, 5.74) is 1.38. The molecule has 0 spiro atoms. The Labute approximate surface area is 121 Å². The summed E-state index contributed by atoms with van der Waals surface area (Å²) < 4.78 is 2.61. The molecule has 0 amide bonds. The van der Waals surface area contributed by atoms with Gasteiger partial charge in [0, 0.05) is 22.4 Å². The Morgan fingerprint density at radius 2 is 2.00 bits per heavy atom. The largest absolute Gasteiger partial charge is 0.278 e. The second-order valence-electron chi connectivity index (χ2n) is 3.56. The first-order valence-corrected chi connectivity index (χ1v) is 6.52. The zero-order chi connectivity index (χ0) is 12.7. The van der Waals surface area contributed by atoms with Crippen LogP contribution >= 0.6 is 39.1 Å². The molecule has 2 heterocycles. The Morgan fingerprint density at radius 1 is 1.17 bits per heavy atom. The van der Waals surface area contributed by atoms with Crippen LogP contribution in [0.1, 0.15) is 0 Å². The summed E-state index contributed by atoms with van der Waals surface area (Å²) >= 11 is 15.4. The maximum atomic E-state index is 6.07. The van der Waals surface area contributed by atoms with Gasteiger partial charge in [-0.2, -0.15) is 0 Å². The van der Waals surface area contributed by atoms with Gasteiger partial charge in [0.1, 0.15) is 0 Å². The summed E-state index contributed by atoms with van der Waals surface area (Å²) in [5.74, 6) is 0.670. The van der Waals surface area contributed by atoms with E-state index in [0.29, 0.717) is 21.6 Å². The number of rotatable bonds is 1. The van der Waals surface area contributed by atoms with Gasteiger partial charge in [0.2, 0.25) is 0 Å². The van der Waals surface area contributed by atoms with Gasteiger partial charge in [-0.15, -0.1) is 10.2 Å². The molecule has 4 nitrogen and oxygen atoms in total. The Balaban J connectivity index is 2.25. The summed E-state index contributed by atoms with van der Waals surface area (Å²) in [4.78, 5) is 3.95. The molecule has 2 aromatic heterocycles. The molecule has 0 saturated carbocycles. The lowest BCUT2D eigenvalue weighted by atomic mass is 10.2. The van der Waals surface area contributed by atoms with E-state index in [1.165, 1.54) is 0 Å². The maximum Gasteiger partial charge on any atom is 0.198 e. The van der Waals surface area contributed by atoms with Crippen LogP contribution < -0.4 is 0 Å². The monoisotopic (exact) mass is 342 g/mol. The summed E-state index contributed by atoms with van der Waals surface area (Å²) in [7, 11) is 0. The molecule has 0 fully saturated rings. The number of fused-ring (bicyclic) bond motifs is 1. The van der Waals surface area contributed by atoms with E-state index in [1.807, 2.05) is 18.2 Å². The van der Waals surface area contributed by atoms with Gasteiger partial charge < -0.3 is 0 Å². The Hall–Kier alpha value is -1.17. The van der Waals surface area contributed by atoms with Crippen LogP contribution in [-0.2, 0) is 0 Å². The van der Waals surface area contributed by atoms with Gasteiger partial charge in [-0.1, -0.05) is 23.2 Å². The van der Waals surface area contributed by atoms with E-state index in [-0.39, 0.29) is 0 Å². The molecule has 90 valence electrons. The zero-order valence-corrected chi connectivity index (χ0v) is 11.9. The lowest BCUT2D eigenvalue weighted by Crippen LogP contribution is -1.91. The molecule has 3 rings (SSSR count). The van der Waals surface area contributed by atoms with E-state index in [4.69, 9.17) is 23.2 Å². The molecule has 0 N–H and O–H groups in total. The molecule has 0 radical (unpaired) electrons. The molecule has 3 aromatic rings. The molecule has 0 aliphatic heterocycles. The molecule has 0 saturated heterocycles. The first-order valence-electron chi connectivity index (χ1n) is 4.97. The smallest absolute Gasteiger partial charge is 0.198 e. The van der Waals surface area contributed by atoms with E-state index < -0.39 is 0 Å². The molecule has 0 unspecified atom stereocenters. The first-order chi connectivity index (χ1) is 8.66. The maximum absolute atomic E-state index is 6.07. The van der Waals surface area contributed by atoms with Gasteiger partial charge >= 0.3 is 0 Å². The number of nitrogens with zero attached hydrogens (tertiary/aromatic N) is 4. The predicted molar refractivity (Wildman–Crippen MR) is 73.9 cm³/mol. The fourth-order valence-corrected chi connectivity index (χ4v) is 2.24. The van der Waals surface area contributed by atoms with Crippen molar-refractivity contribution in [3.05, 3.63) is 45.2 Å². The minimum Gasteiger partial charge on any atom is -0.278 e. The second kappa shape index (κ2) is 4.50. The highest BCUT2D eigenvalue weighted by atomic mass is 79.9. The normalized spacial score (nSPS) is 11.1. The topological polar surface area (TPSA) is 43.1 Å². The van der Waals surface area contributed by atoms with E-state index in [1.54, 1.807) is 16.8 Å². The van der Waals surface area contributed by atoms with Gasteiger partial charge in [0.15, 0.2) is 16.6 Å². The van der Waals surface area contributed by atoms with E-state index in [0.717, 1.165) is 10.0 Å². The van der Waals surface area contributed by atoms with Crippen LogP contribution in [0.5, 0.6) is 0 Å². The average Bonchev–Trinajstić information content (AvgIpc) is 2.78. The van der Waals surface area contributed by atoms with Crippen molar-refractivity contribution in [1.82, 2.24) is 19.6 Å². The molecule has 1 aromatic carbocycles. The van der Waals surface area contributed by atoms with E-state index in [2.05, 4.69) is 31.1 Å². The third kappa shape index (κ3) is 1.88. The molecule has 0 bridgehead atoms. The average molecular weight is 344 g/mol.